The summed E-state index contributed by atoms with van der Waals surface area (Å²) in [5, 5.41) is 12.8. The Balaban J connectivity index is 1.50. The van der Waals surface area contributed by atoms with E-state index in [0.29, 0.717) is 5.75 Å². The molecule has 0 aromatic heterocycles. The van der Waals surface area contributed by atoms with Crippen LogP contribution in [0.1, 0.15) is 30.0 Å². The molecule has 0 radical (unpaired) electrons. The number of nitrogens with zero attached hydrogens (tertiary/aromatic N) is 1. The van der Waals surface area contributed by atoms with Crippen LogP contribution < -0.4 is 15.0 Å². The number of carbonyl (C=O) groups is 1. The fourth-order valence-electron chi connectivity index (χ4n) is 4.53. The molecular formula is C27H30N2O3. The zero-order chi connectivity index (χ0) is 22.4. The van der Waals surface area contributed by atoms with Crippen molar-refractivity contribution in [2.75, 3.05) is 31.1 Å². The molecule has 0 atom stereocenters. The van der Waals surface area contributed by atoms with Crippen LogP contribution in [0.2, 0.25) is 0 Å². The van der Waals surface area contributed by atoms with Crippen LogP contribution in [0.25, 0.3) is 0 Å². The van der Waals surface area contributed by atoms with E-state index in [4.69, 9.17) is 9.84 Å². The van der Waals surface area contributed by atoms with E-state index < -0.39 is 5.97 Å². The topological polar surface area (TPSA) is 61.8 Å². The average Bonchev–Trinajstić information content (AvgIpc) is 2.84. The molecule has 0 bridgehead atoms. The van der Waals surface area contributed by atoms with Gasteiger partial charge in [0.15, 0.2) is 6.61 Å². The summed E-state index contributed by atoms with van der Waals surface area (Å²) in [6.45, 7) is 4.55. The number of hydrogen-bond donors (Lipinski definition) is 2. The largest absolute Gasteiger partial charge is 0.482 e. The van der Waals surface area contributed by atoms with Gasteiger partial charge in [-0.3, -0.25) is 0 Å². The Morgan fingerprint density at radius 1 is 1.00 bits per heavy atom. The molecule has 0 saturated carbocycles. The van der Waals surface area contributed by atoms with E-state index in [1.165, 1.54) is 11.1 Å². The second kappa shape index (κ2) is 9.88. The number of hydrogen-bond acceptors (Lipinski definition) is 4. The molecule has 0 aliphatic carbocycles. The quantitative estimate of drug-likeness (QED) is 0.525. The second-order valence-corrected chi connectivity index (χ2v) is 8.31. The third-order valence-electron chi connectivity index (χ3n) is 6.22. The van der Waals surface area contributed by atoms with Crippen LogP contribution in [0.3, 0.4) is 0 Å². The first-order valence-electron chi connectivity index (χ1n) is 11.2. The maximum absolute atomic E-state index is 10.9. The van der Waals surface area contributed by atoms with E-state index in [1.807, 2.05) is 24.3 Å². The summed E-state index contributed by atoms with van der Waals surface area (Å²) >= 11 is 0. The van der Waals surface area contributed by atoms with Gasteiger partial charge >= 0.3 is 5.97 Å². The molecule has 1 aliphatic heterocycles. The van der Waals surface area contributed by atoms with Crippen LogP contribution in [0, 0.1) is 0 Å². The fraction of sp³-hybridized carbons (Fsp3) is 0.296. The Morgan fingerprint density at radius 3 is 2.28 bits per heavy atom. The smallest absolute Gasteiger partial charge is 0.341 e. The van der Waals surface area contributed by atoms with E-state index in [-0.39, 0.29) is 12.1 Å². The number of aliphatic carboxylic acids is 1. The number of nitrogens with one attached hydrogen (secondary N) is 1. The van der Waals surface area contributed by atoms with Crippen molar-refractivity contribution in [2.45, 2.75) is 25.3 Å². The lowest BCUT2D eigenvalue weighted by molar-refractivity contribution is -0.139. The number of rotatable bonds is 9. The van der Waals surface area contributed by atoms with Gasteiger partial charge < -0.3 is 20.1 Å². The highest BCUT2D eigenvalue weighted by atomic mass is 16.5. The van der Waals surface area contributed by atoms with Crippen LogP contribution in [-0.4, -0.2) is 37.3 Å². The van der Waals surface area contributed by atoms with Gasteiger partial charge in [0.2, 0.25) is 0 Å². The zero-order valence-corrected chi connectivity index (χ0v) is 18.5. The molecule has 5 heteroatoms. The van der Waals surface area contributed by atoms with Crippen LogP contribution in [-0.2, 0) is 16.8 Å². The Kier molecular flexibility index (Phi) is 6.76. The Labute approximate surface area is 189 Å². The van der Waals surface area contributed by atoms with Crippen molar-refractivity contribution in [3.05, 3.63) is 95.6 Å². The van der Waals surface area contributed by atoms with Crippen LogP contribution in [0.4, 0.5) is 5.69 Å². The van der Waals surface area contributed by atoms with Crippen molar-refractivity contribution in [1.82, 2.24) is 5.32 Å². The van der Waals surface area contributed by atoms with Gasteiger partial charge in [0.1, 0.15) is 5.75 Å². The predicted octanol–water partition coefficient (Wildman–Crippen LogP) is 4.46. The van der Waals surface area contributed by atoms with Crippen molar-refractivity contribution < 1.29 is 14.6 Å². The molecule has 3 aromatic rings. The zero-order valence-electron chi connectivity index (χ0n) is 18.5. The Morgan fingerprint density at radius 2 is 1.66 bits per heavy atom. The number of fused-ring (bicyclic) bond motifs is 1. The monoisotopic (exact) mass is 430 g/mol. The fourth-order valence-corrected chi connectivity index (χ4v) is 4.53. The molecular weight excluding hydrogens is 400 g/mol. The summed E-state index contributed by atoms with van der Waals surface area (Å²) in [6, 6.07) is 27.0. The third kappa shape index (κ3) is 4.78. The van der Waals surface area contributed by atoms with Crippen molar-refractivity contribution in [3.63, 3.8) is 0 Å². The van der Waals surface area contributed by atoms with Gasteiger partial charge in [0.05, 0.1) is 5.54 Å². The standard InChI is InChI=1S/C27H30N2O3/c1-27(21-10-4-2-5-11-21,22-12-6-3-7-13-22)28-17-19-29-18-9-14-23-24(29)15-8-16-25(23)32-20-26(30)31/h2-8,10-13,15-16,28H,9,14,17-20H2,1H3,(H,30,31). The van der Waals surface area contributed by atoms with E-state index in [1.54, 1.807) is 0 Å². The molecule has 5 nitrogen and oxygen atoms in total. The highest BCUT2D eigenvalue weighted by Crippen LogP contribution is 2.34. The summed E-state index contributed by atoms with van der Waals surface area (Å²) in [4.78, 5) is 13.3. The van der Waals surface area contributed by atoms with Crippen LogP contribution in [0.5, 0.6) is 5.75 Å². The maximum Gasteiger partial charge on any atom is 0.341 e. The summed E-state index contributed by atoms with van der Waals surface area (Å²) in [5.41, 5.74) is 4.41. The van der Waals surface area contributed by atoms with Crippen molar-refractivity contribution in [3.8, 4) is 5.75 Å². The first kappa shape index (κ1) is 21.9. The molecule has 4 rings (SSSR count). The minimum absolute atomic E-state index is 0.298. The van der Waals surface area contributed by atoms with Gasteiger partial charge in [-0.25, -0.2) is 4.79 Å². The summed E-state index contributed by atoms with van der Waals surface area (Å²) in [7, 11) is 0. The number of carboxylic acids is 1. The Hall–Kier alpha value is -3.31. The lowest BCUT2D eigenvalue weighted by Gasteiger charge is -2.36. The normalized spacial score (nSPS) is 13.5. The van der Waals surface area contributed by atoms with Gasteiger partial charge in [-0.05, 0) is 43.0 Å². The number of carboxylic acid groups (broad SMARTS) is 1. The van der Waals surface area contributed by atoms with E-state index in [2.05, 4.69) is 71.7 Å². The van der Waals surface area contributed by atoms with Gasteiger partial charge in [-0.2, -0.15) is 0 Å². The van der Waals surface area contributed by atoms with Gasteiger partial charge in [0, 0.05) is 30.9 Å². The van der Waals surface area contributed by atoms with Crippen molar-refractivity contribution in [2.24, 2.45) is 0 Å². The molecule has 0 amide bonds. The van der Waals surface area contributed by atoms with Gasteiger partial charge in [-0.1, -0.05) is 66.7 Å². The molecule has 2 N–H and O–H groups in total. The van der Waals surface area contributed by atoms with Gasteiger partial charge in [0.25, 0.3) is 0 Å². The molecule has 3 aromatic carbocycles. The highest BCUT2D eigenvalue weighted by molar-refractivity contribution is 5.69. The molecule has 166 valence electrons. The first-order valence-corrected chi connectivity index (χ1v) is 11.2. The predicted molar refractivity (Wildman–Crippen MR) is 127 cm³/mol. The van der Waals surface area contributed by atoms with Gasteiger partial charge in [-0.15, -0.1) is 0 Å². The molecule has 1 aliphatic rings. The number of ether oxygens (including phenoxy) is 1. The molecule has 0 saturated heterocycles. The summed E-state index contributed by atoms with van der Waals surface area (Å²) < 4.78 is 5.55. The van der Waals surface area contributed by atoms with Crippen molar-refractivity contribution in [1.29, 1.82) is 0 Å². The maximum atomic E-state index is 10.9. The highest BCUT2D eigenvalue weighted by Gasteiger charge is 2.28. The second-order valence-electron chi connectivity index (χ2n) is 8.31. The Bertz CT molecular complexity index is 998. The molecule has 0 fully saturated rings. The third-order valence-corrected chi connectivity index (χ3v) is 6.22. The number of benzene rings is 3. The first-order chi connectivity index (χ1) is 15.6. The van der Waals surface area contributed by atoms with E-state index >= 15 is 0 Å². The number of anilines is 1. The SMILES string of the molecule is CC(NCCN1CCCc2c(OCC(=O)O)cccc21)(c1ccccc1)c1ccccc1. The molecule has 0 unspecified atom stereocenters. The van der Waals surface area contributed by atoms with Crippen molar-refractivity contribution >= 4 is 11.7 Å². The lowest BCUT2D eigenvalue weighted by atomic mass is 9.84. The molecule has 32 heavy (non-hydrogen) atoms. The average molecular weight is 431 g/mol. The minimum atomic E-state index is -0.958. The summed E-state index contributed by atoms with van der Waals surface area (Å²) in [5.74, 6) is -0.276. The van der Waals surface area contributed by atoms with E-state index in [9.17, 15) is 4.79 Å². The minimum Gasteiger partial charge on any atom is -0.482 e. The van der Waals surface area contributed by atoms with Crippen LogP contribution >= 0.6 is 0 Å². The van der Waals surface area contributed by atoms with E-state index in [0.717, 1.165) is 43.7 Å². The summed E-state index contributed by atoms with van der Waals surface area (Å²) in [6.07, 6.45) is 1.93. The van der Waals surface area contributed by atoms with Crippen LogP contribution in [0.15, 0.2) is 78.9 Å². The molecule has 0 spiro atoms. The lowest BCUT2D eigenvalue weighted by Crippen LogP contribution is -2.45. The molecule has 1 heterocycles.